The highest BCUT2D eigenvalue weighted by molar-refractivity contribution is 5.94. The summed E-state index contributed by atoms with van der Waals surface area (Å²) in [6, 6.07) is 15.6. The number of morpholine rings is 1. The van der Waals surface area contributed by atoms with Gasteiger partial charge in [0, 0.05) is 37.0 Å². The van der Waals surface area contributed by atoms with Crippen LogP contribution >= 0.6 is 0 Å². The zero-order valence-electron chi connectivity index (χ0n) is 16.7. The predicted molar refractivity (Wildman–Crippen MR) is 110 cm³/mol. The maximum atomic E-state index is 12.8. The molecule has 7 heteroatoms. The quantitative estimate of drug-likeness (QED) is 0.664. The van der Waals surface area contributed by atoms with Gasteiger partial charge in [-0.3, -0.25) is 4.79 Å². The number of hydrogen-bond donors (Lipinski definition) is 0. The van der Waals surface area contributed by atoms with E-state index >= 15 is 0 Å². The summed E-state index contributed by atoms with van der Waals surface area (Å²) < 4.78 is 10.7. The third-order valence-corrected chi connectivity index (χ3v) is 4.99. The normalized spacial score (nSPS) is 14.1. The van der Waals surface area contributed by atoms with Crippen LogP contribution < -0.4 is 4.90 Å². The first kappa shape index (κ1) is 19.1. The second-order valence-electron chi connectivity index (χ2n) is 7.19. The van der Waals surface area contributed by atoms with Crippen molar-refractivity contribution in [2.24, 2.45) is 0 Å². The number of rotatable bonds is 5. The first-order valence-corrected chi connectivity index (χ1v) is 9.68. The number of ether oxygens (including phenoxy) is 1. The molecule has 1 aliphatic heterocycles. The zero-order valence-corrected chi connectivity index (χ0v) is 16.7. The lowest BCUT2D eigenvalue weighted by molar-refractivity contribution is 0.0769. The standard InChI is InChI=1S/C22H24N4O3/c1-16-3-5-17(6-4-16)21-23-20(29-24-21)15-25(2)22(27)18-7-9-19(10-8-18)26-11-13-28-14-12-26/h3-10H,11-15H2,1-2H3. The van der Waals surface area contributed by atoms with Gasteiger partial charge in [-0.15, -0.1) is 0 Å². The van der Waals surface area contributed by atoms with Crippen LogP contribution in [0.3, 0.4) is 0 Å². The molecule has 0 unspecified atom stereocenters. The molecule has 29 heavy (non-hydrogen) atoms. The van der Waals surface area contributed by atoms with Gasteiger partial charge in [-0.2, -0.15) is 4.98 Å². The number of aryl methyl sites for hydroxylation is 1. The van der Waals surface area contributed by atoms with Gasteiger partial charge in [-0.25, -0.2) is 0 Å². The van der Waals surface area contributed by atoms with Gasteiger partial charge in [0.05, 0.1) is 19.8 Å². The molecule has 2 aromatic carbocycles. The number of anilines is 1. The number of carbonyl (C=O) groups excluding carboxylic acids is 1. The van der Waals surface area contributed by atoms with E-state index in [9.17, 15) is 4.79 Å². The van der Waals surface area contributed by atoms with Crippen molar-refractivity contribution in [3.63, 3.8) is 0 Å². The Morgan fingerprint density at radius 2 is 1.76 bits per heavy atom. The van der Waals surface area contributed by atoms with Gasteiger partial charge in [0.25, 0.3) is 5.91 Å². The lowest BCUT2D eigenvalue weighted by Crippen LogP contribution is -2.36. The molecule has 0 aliphatic carbocycles. The van der Waals surface area contributed by atoms with Gasteiger partial charge in [0.15, 0.2) is 0 Å². The van der Waals surface area contributed by atoms with Crippen LogP contribution in [0.1, 0.15) is 21.8 Å². The van der Waals surface area contributed by atoms with E-state index in [0.717, 1.165) is 37.6 Å². The van der Waals surface area contributed by atoms with Gasteiger partial charge in [0.2, 0.25) is 11.7 Å². The van der Waals surface area contributed by atoms with Crippen LogP contribution in [0, 0.1) is 6.92 Å². The van der Waals surface area contributed by atoms with E-state index in [2.05, 4.69) is 15.0 Å². The van der Waals surface area contributed by atoms with Crippen LogP contribution in [0.5, 0.6) is 0 Å². The highest BCUT2D eigenvalue weighted by Gasteiger charge is 2.17. The fourth-order valence-corrected chi connectivity index (χ4v) is 3.27. The van der Waals surface area contributed by atoms with Gasteiger partial charge in [-0.1, -0.05) is 35.0 Å². The molecule has 2 heterocycles. The average Bonchev–Trinajstić information content (AvgIpc) is 3.23. The number of carbonyl (C=O) groups is 1. The number of aromatic nitrogens is 2. The smallest absolute Gasteiger partial charge is 0.254 e. The Morgan fingerprint density at radius 3 is 2.45 bits per heavy atom. The molecular weight excluding hydrogens is 368 g/mol. The second-order valence-corrected chi connectivity index (χ2v) is 7.19. The Balaban J connectivity index is 1.40. The minimum atomic E-state index is -0.0892. The predicted octanol–water partition coefficient (Wildman–Crippen LogP) is 3.15. The molecule has 1 aliphatic rings. The van der Waals surface area contributed by atoms with Crippen LogP contribution in [0.25, 0.3) is 11.4 Å². The minimum absolute atomic E-state index is 0.0892. The minimum Gasteiger partial charge on any atom is -0.378 e. The highest BCUT2D eigenvalue weighted by Crippen LogP contribution is 2.19. The summed E-state index contributed by atoms with van der Waals surface area (Å²) in [5.74, 6) is 0.839. The topological polar surface area (TPSA) is 71.7 Å². The van der Waals surface area contributed by atoms with Crippen LogP contribution in [-0.4, -0.2) is 54.3 Å². The van der Waals surface area contributed by atoms with Crippen molar-refractivity contribution < 1.29 is 14.1 Å². The average molecular weight is 392 g/mol. The van der Waals surface area contributed by atoms with Crippen molar-refractivity contribution >= 4 is 11.6 Å². The van der Waals surface area contributed by atoms with Gasteiger partial charge in [0.1, 0.15) is 0 Å². The molecule has 0 atom stereocenters. The van der Waals surface area contributed by atoms with Gasteiger partial charge < -0.3 is 19.1 Å². The number of hydrogen-bond acceptors (Lipinski definition) is 6. The van der Waals surface area contributed by atoms with E-state index in [0.29, 0.717) is 17.3 Å². The molecule has 0 radical (unpaired) electrons. The van der Waals surface area contributed by atoms with Crippen LogP contribution in [0.15, 0.2) is 53.1 Å². The molecule has 7 nitrogen and oxygen atoms in total. The van der Waals surface area contributed by atoms with E-state index in [4.69, 9.17) is 9.26 Å². The van der Waals surface area contributed by atoms with Gasteiger partial charge in [-0.05, 0) is 31.2 Å². The Bertz CT molecular complexity index is 960. The van der Waals surface area contributed by atoms with E-state index in [-0.39, 0.29) is 12.5 Å². The Kier molecular flexibility index (Phi) is 5.57. The molecule has 1 fully saturated rings. The lowest BCUT2D eigenvalue weighted by atomic mass is 10.1. The lowest BCUT2D eigenvalue weighted by Gasteiger charge is -2.29. The van der Waals surface area contributed by atoms with E-state index in [1.807, 2.05) is 55.5 Å². The van der Waals surface area contributed by atoms with Crippen molar-refractivity contribution in [2.45, 2.75) is 13.5 Å². The molecule has 1 saturated heterocycles. The van der Waals surface area contributed by atoms with E-state index < -0.39 is 0 Å². The van der Waals surface area contributed by atoms with Gasteiger partial charge >= 0.3 is 0 Å². The summed E-state index contributed by atoms with van der Waals surface area (Å²) in [5.41, 5.74) is 3.79. The van der Waals surface area contributed by atoms with E-state index in [1.54, 1.807) is 11.9 Å². The third kappa shape index (κ3) is 4.46. The molecule has 150 valence electrons. The summed E-state index contributed by atoms with van der Waals surface area (Å²) in [4.78, 5) is 21.0. The molecule has 0 spiro atoms. The summed E-state index contributed by atoms with van der Waals surface area (Å²) in [7, 11) is 1.73. The van der Waals surface area contributed by atoms with Crippen LogP contribution in [0.2, 0.25) is 0 Å². The van der Waals surface area contributed by atoms with Crippen molar-refractivity contribution in [1.29, 1.82) is 0 Å². The molecule has 1 aromatic heterocycles. The summed E-state index contributed by atoms with van der Waals surface area (Å²) in [6.45, 7) is 5.49. The summed E-state index contributed by atoms with van der Waals surface area (Å²) in [5, 5.41) is 4.02. The SMILES string of the molecule is Cc1ccc(-c2noc(CN(C)C(=O)c3ccc(N4CCOCC4)cc3)n2)cc1. The Morgan fingerprint density at radius 1 is 1.07 bits per heavy atom. The molecule has 0 N–H and O–H groups in total. The number of amides is 1. The molecule has 0 bridgehead atoms. The summed E-state index contributed by atoms with van der Waals surface area (Å²) >= 11 is 0. The molecule has 3 aromatic rings. The van der Waals surface area contributed by atoms with E-state index in [1.165, 1.54) is 5.56 Å². The number of benzene rings is 2. The number of nitrogens with zero attached hydrogens (tertiary/aromatic N) is 4. The summed E-state index contributed by atoms with van der Waals surface area (Å²) in [6.07, 6.45) is 0. The maximum Gasteiger partial charge on any atom is 0.254 e. The van der Waals surface area contributed by atoms with Crippen LogP contribution in [-0.2, 0) is 11.3 Å². The Hall–Kier alpha value is -3.19. The molecule has 0 saturated carbocycles. The second kappa shape index (κ2) is 8.45. The highest BCUT2D eigenvalue weighted by atomic mass is 16.5. The van der Waals surface area contributed by atoms with Crippen molar-refractivity contribution in [3.8, 4) is 11.4 Å². The zero-order chi connectivity index (χ0) is 20.2. The fourth-order valence-electron chi connectivity index (χ4n) is 3.27. The van der Waals surface area contributed by atoms with Crippen molar-refractivity contribution in [2.75, 3.05) is 38.3 Å². The molecular formula is C22H24N4O3. The van der Waals surface area contributed by atoms with Crippen LogP contribution in [0.4, 0.5) is 5.69 Å². The van der Waals surface area contributed by atoms with Crippen molar-refractivity contribution in [3.05, 3.63) is 65.5 Å². The first-order chi connectivity index (χ1) is 14.1. The monoisotopic (exact) mass is 392 g/mol. The molecule has 4 rings (SSSR count). The van der Waals surface area contributed by atoms with Crippen molar-refractivity contribution in [1.82, 2.24) is 15.0 Å². The molecule has 1 amide bonds. The maximum absolute atomic E-state index is 12.8. The largest absolute Gasteiger partial charge is 0.378 e. The fraction of sp³-hybridized carbons (Fsp3) is 0.318. The third-order valence-electron chi connectivity index (χ3n) is 4.99. The Labute approximate surface area is 169 Å². The first-order valence-electron chi connectivity index (χ1n) is 9.68.